The molecule has 2 aliphatic rings. The maximum Gasteiger partial charge on any atom is 0.326 e. The van der Waals surface area contributed by atoms with Gasteiger partial charge in [-0.3, -0.25) is 14.3 Å². The van der Waals surface area contributed by atoms with Crippen molar-refractivity contribution in [2.45, 2.75) is 25.3 Å². The first-order valence-corrected chi connectivity index (χ1v) is 13.0. The van der Waals surface area contributed by atoms with Gasteiger partial charge in [0.2, 0.25) is 0 Å². The van der Waals surface area contributed by atoms with Crippen LogP contribution in [-0.4, -0.2) is 57.9 Å². The maximum atomic E-state index is 13.4. The lowest BCUT2D eigenvalue weighted by atomic mass is 9.93. The minimum absolute atomic E-state index is 0.0583. The van der Waals surface area contributed by atoms with Gasteiger partial charge in [0.25, 0.3) is 5.91 Å². The molecule has 0 spiro atoms. The number of piperidine rings is 1. The Kier molecular flexibility index (Phi) is 5.28. The van der Waals surface area contributed by atoms with E-state index in [0.717, 1.165) is 65.8 Å². The fourth-order valence-electron chi connectivity index (χ4n) is 5.95. The Balaban J connectivity index is 1.10. The van der Waals surface area contributed by atoms with E-state index in [1.807, 2.05) is 45.9 Å². The van der Waals surface area contributed by atoms with Crippen LogP contribution in [0.4, 0.5) is 11.5 Å². The van der Waals surface area contributed by atoms with E-state index in [-0.39, 0.29) is 17.6 Å². The van der Waals surface area contributed by atoms with Gasteiger partial charge in [-0.05, 0) is 37.0 Å². The molecule has 1 saturated heterocycles. The van der Waals surface area contributed by atoms with E-state index < -0.39 is 0 Å². The first-order valence-electron chi connectivity index (χ1n) is 13.0. The molecule has 5 aromatic rings. The highest BCUT2D eigenvalue weighted by molar-refractivity contribution is 6.32. The molecule has 0 atom stereocenters. The normalized spacial score (nSPS) is 15.9. The lowest BCUT2D eigenvalue weighted by molar-refractivity contribution is 0.0984. The van der Waals surface area contributed by atoms with Crippen molar-refractivity contribution in [3.63, 3.8) is 0 Å². The van der Waals surface area contributed by atoms with Crippen LogP contribution >= 0.6 is 0 Å². The van der Waals surface area contributed by atoms with Gasteiger partial charge in [0.1, 0.15) is 25.7 Å². The van der Waals surface area contributed by atoms with Crippen molar-refractivity contribution in [3.05, 3.63) is 82.8 Å². The standard InChI is InChI=1S/C28H26BN7O2/c29-18-5-6-23-17(13-18)7-12-35(23)27(37)22-14-25(32-16-31-22)34-10-8-19(9-11-34)36-24-15-30-21-4-2-1-3-20(21)26(24)33-28(36)38/h1-6,13-16,19H,7-12,29H2,(H,33,38). The van der Waals surface area contributed by atoms with Gasteiger partial charge >= 0.3 is 5.69 Å². The molecule has 38 heavy (non-hydrogen) atoms. The number of aromatic nitrogens is 5. The number of carbonyl (C=O) groups excluding carboxylic acids is 1. The Morgan fingerprint density at radius 1 is 1.00 bits per heavy atom. The van der Waals surface area contributed by atoms with Crippen LogP contribution < -0.4 is 21.0 Å². The Bertz CT molecular complexity index is 1770. The number of fused-ring (bicyclic) bond motifs is 4. The average Bonchev–Trinajstić information content (AvgIpc) is 3.53. The molecule has 0 bridgehead atoms. The molecule has 0 radical (unpaired) electrons. The average molecular weight is 503 g/mol. The molecule has 188 valence electrons. The lowest BCUT2D eigenvalue weighted by Gasteiger charge is -2.33. The van der Waals surface area contributed by atoms with Crippen molar-refractivity contribution in [2.75, 3.05) is 29.4 Å². The molecule has 1 fully saturated rings. The van der Waals surface area contributed by atoms with Gasteiger partial charge < -0.3 is 14.8 Å². The molecule has 3 aromatic heterocycles. The van der Waals surface area contributed by atoms with E-state index in [9.17, 15) is 9.59 Å². The number of benzene rings is 2. The number of imidazole rings is 1. The molecule has 1 N–H and O–H groups in total. The number of hydrogen-bond acceptors (Lipinski definition) is 6. The second-order valence-corrected chi connectivity index (χ2v) is 10.2. The van der Waals surface area contributed by atoms with Crippen LogP contribution in [0.2, 0.25) is 0 Å². The van der Waals surface area contributed by atoms with Crippen LogP contribution in [0.5, 0.6) is 0 Å². The molecule has 2 aromatic carbocycles. The van der Waals surface area contributed by atoms with E-state index in [2.05, 4.69) is 38.7 Å². The highest BCUT2D eigenvalue weighted by Gasteiger charge is 2.28. The van der Waals surface area contributed by atoms with E-state index in [0.29, 0.717) is 12.2 Å². The van der Waals surface area contributed by atoms with E-state index in [4.69, 9.17) is 0 Å². The number of H-pyrrole nitrogens is 1. The SMILES string of the molecule is Bc1ccc2c(c1)CCN2C(=O)c1cc(N2CCC(n3c(=O)[nH]c4c5ccccc5ncc43)CC2)ncn1. The fourth-order valence-corrected chi connectivity index (χ4v) is 5.95. The Morgan fingerprint density at radius 2 is 1.84 bits per heavy atom. The summed E-state index contributed by atoms with van der Waals surface area (Å²) < 4.78 is 1.85. The van der Waals surface area contributed by atoms with Gasteiger partial charge in [-0.15, -0.1) is 0 Å². The summed E-state index contributed by atoms with van der Waals surface area (Å²) >= 11 is 0. The van der Waals surface area contributed by atoms with Crippen molar-refractivity contribution in [1.82, 2.24) is 24.5 Å². The number of nitrogens with one attached hydrogen (secondary N) is 1. The van der Waals surface area contributed by atoms with Gasteiger partial charge in [0, 0.05) is 42.8 Å². The number of anilines is 2. The van der Waals surface area contributed by atoms with Crippen LogP contribution in [0.1, 0.15) is 34.9 Å². The Labute approximate surface area is 219 Å². The molecule has 9 nitrogen and oxygen atoms in total. The van der Waals surface area contributed by atoms with Gasteiger partial charge in [-0.1, -0.05) is 35.8 Å². The van der Waals surface area contributed by atoms with Crippen LogP contribution in [-0.2, 0) is 6.42 Å². The molecular formula is C28H26BN7O2. The lowest BCUT2D eigenvalue weighted by Crippen LogP contribution is -2.37. The van der Waals surface area contributed by atoms with Crippen LogP contribution in [0.3, 0.4) is 0 Å². The third kappa shape index (κ3) is 3.67. The molecule has 1 amide bonds. The summed E-state index contributed by atoms with van der Waals surface area (Å²) in [5, 5.41) is 0.951. The second-order valence-electron chi connectivity index (χ2n) is 10.2. The van der Waals surface area contributed by atoms with E-state index in [1.165, 1.54) is 17.4 Å². The minimum atomic E-state index is -0.104. The number of pyridine rings is 1. The molecule has 7 rings (SSSR count). The van der Waals surface area contributed by atoms with Gasteiger partial charge in [-0.2, -0.15) is 0 Å². The summed E-state index contributed by atoms with van der Waals surface area (Å²) in [6, 6.07) is 15.9. The van der Waals surface area contributed by atoms with Crippen molar-refractivity contribution in [1.29, 1.82) is 0 Å². The molecule has 5 heterocycles. The number of rotatable bonds is 3. The highest BCUT2D eigenvalue weighted by atomic mass is 16.2. The topological polar surface area (TPSA) is 100 Å². The quantitative estimate of drug-likeness (QED) is 0.378. The first kappa shape index (κ1) is 22.7. The number of para-hydroxylation sites is 1. The van der Waals surface area contributed by atoms with E-state index >= 15 is 0 Å². The molecule has 0 aliphatic carbocycles. The smallest absolute Gasteiger partial charge is 0.326 e. The Hall–Kier alpha value is -4.47. The summed E-state index contributed by atoms with van der Waals surface area (Å²) in [6.07, 6.45) is 5.69. The predicted molar refractivity (Wildman–Crippen MR) is 150 cm³/mol. The van der Waals surface area contributed by atoms with Gasteiger partial charge in [0.15, 0.2) is 0 Å². The summed E-state index contributed by atoms with van der Waals surface area (Å²) in [5.41, 5.74) is 6.20. The zero-order valence-electron chi connectivity index (χ0n) is 21.1. The van der Waals surface area contributed by atoms with Gasteiger partial charge in [-0.25, -0.2) is 14.8 Å². The van der Waals surface area contributed by atoms with E-state index in [1.54, 1.807) is 12.3 Å². The molecular weight excluding hydrogens is 477 g/mol. The van der Waals surface area contributed by atoms with Crippen LogP contribution in [0.25, 0.3) is 21.9 Å². The second kappa shape index (κ2) is 8.83. The predicted octanol–water partition coefficient (Wildman–Crippen LogP) is 1.97. The van der Waals surface area contributed by atoms with Crippen molar-refractivity contribution in [3.8, 4) is 0 Å². The Morgan fingerprint density at radius 3 is 2.71 bits per heavy atom. The number of amides is 1. The largest absolute Gasteiger partial charge is 0.356 e. The zero-order chi connectivity index (χ0) is 25.8. The number of hydrogen-bond donors (Lipinski definition) is 1. The number of aromatic amines is 1. The van der Waals surface area contributed by atoms with Crippen LogP contribution in [0, 0.1) is 0 Å². The molecule has 10 heteroatoms. The summed E-state index contributed by atoms with van der Waals surface area (Å²) in [7, 11) is 2.07. The number of nitrogens with zero attached hydrogens (tertiary/aromatic N) is 6. The molecule has 2 aliphatic heterocycles. The summed E-state index contributed by atoms with van der Waals surface area (Å²) in [5.74, 6) is 0.639. The molecule has 0 saturated carbocycles. The third-order valence-electron chi connectivity index (χ3n) is 7.87. The summed E-state index contributed by atoms with van der Waals surface area (Å²) in [6.45, 7) is 2.11. The van der Waals surface area contributed by atoms with Crippen molar-refractivity contribution >= 4 is 52.7 Å². The van der Waals surface area contributed by atoms with Crippen molar-refractivity contribution in [2.24, 2.45) is 0 Å². The van der Waals surface area contributed by atoms with Crippen molar-refractivity contribution < 1.29 is 4.79 Å². The minimum Gasteiger partial charge on any atom is -0.356 e. The monoisotopic (exact) mass is 503 g/mol. The van der Waals surface area contributed by atoms with Gasteiger partial charge in [0.05, 0.1) is 22.7 Å². The molecule has 0 unspecified atom stereocenters. The maximum absolute atomic E-state index is 13.4. The first-order chi connectivity index (χ1) is 18.6. The highest BCUT2D eigenvalue weighted by Crippen LogP contribution is 2.31. The third-order valence-corrected chi connectivity index (χ3v) is 7.87. The number of carbonyl (C=O) groups is 1. The van der Waals surface area contributed by atoms with Crippen LogP contribution in [0.15, 0.2) is 65.8 Å². The fraction of sp³-hybridized carbons (Fsp3) is 0.250. The zero-order valence-corrected chi connectivity index (χ0v) is 21.1. The summed E-state index contributed by atoms with van der Waals surface area (Å²) in [4.78, 5) is 46.8.